The molecule has 1 atom stereocenters. The Morgan fingerprint density at radius 2 is 1.39 bits per heavy atom. The molecule has 3 aromatic carbocycles. The zero-order valence-electron chi connectivity index (χ0n) is 15.7. The third kappa shape index (κ3) is 4.34. The van der Waals surface area contributed by atoms with Crippen LogP contribution >= 0.6 is 11.6 Å². The summed E-state index contributed by atoms with van der Waals surface area (Å²) in [7, 11) is -3.81. The van der Waals surface area contributed by atoms with Gasteiger partial charge in [0.2, 0.25) is 0 Å². The van der Waals surface area contributed by atoms with Crippen molar-refractivity contribution in [3.05, 3.63) is 100 Å². The number of carbonyl (C=O) groups is 1. The molecular weight excluding hydrogens is 392 g/mol. The predicted molar refractivity (Wildman–Crippen MR) is 113 cm³/mol. The van der Waals surface area contributed by atoms with Crippen molar-refractivity contribution in [2.75, 3.05) is 0 Å². The second kappa shape index (κ2) is 8.29. The first kappa shape index (κ1) is 20.3. The van der Waals surface area contributed by atoms with Crippen LogP contribution in [-0.2, 0) is 9.84 Å². The molecule has 0 aliphatic rings. The van der Waals surface area contributed by atoms with Gasteiger partial charge in [0.25, 0.3) is 0 Å². The third-order valence-corrected chi connectivity index (χ3v) is 7.16. The molecule has 3 rings (SSSR count). The summed E-state index contributed by atoms with van der Waals surface area (Å²) in [4.78, 5) is 13.1. The molecule has 0 aliphatic heterocycles. The highest BCUT2D eigenvalue weighted by molar-refractivity contribution is 7.91. The Kier molecular flexibility index (Phi) is 6.01. The number of sulfone groups is 1. The average Bonchev–Trinajstić information content (AvgIpc) is 2.67. The van der Waals surface area contributed by atoms with Crippen molar-refractivity contribution in [3.63, 3.8) is 0 Å². The van der Waals surface area contributed by atoms with Gasteiger partial charge in [-0.05, 0) is 37.6 Å². The molecule has 144 valence electrons. The van der Waals surface area contributed by atoms with Crippen molar-refractivity contribution in [2.45, 2.75) is 30.4 Å². The van der Waals surface area contributed by atoms with E-state index >= 15 is 0 Å². The summed E-state index contributed by atoms with van der Waals surface area (Å²) in [5, 5.41) is -0.724. The second-order valence-electron chi connectivity index (χ2n) is 6.86. The van der Waals surface area contributed by atoms with E-state index in [1.807, 2.05) is 26.0 Å². The fraction of sp³-hybridized carbons (Fsp3) is 0.174. The molecular formula is C23H21ClO3S. The maximum atomic E-state index is 13.4. The normalized spacial score (nSPS) is 12.5. The molecule has 0 N–H and O–H groups in total. The van der Waals surface area contributed by atoms with E-state index in [2.05, 4.69) is 0 Å². The molecule has 0 unspecified atom stereocenters. The van der Waals surface area contributed by atoms with Crippen LogP contribution in [0.15, 0.2) is 77.7 Å². The summed E-state index contributed by atoms with van der Waals surface area (Å²) in [6.45, 7) is 3.82. The summed E-state index contributed by atoms with van der Waals surface area (Å²) in [6.07, 6.45) is -0.178. The van der Waals surface area contributed by atoms with Crippen molar-refractivity contribution in [1.82, 2.24) is 0 Å². The van der Waals surface area contributed by atoms with Crippen LogP contribution in [0.3, 0.4) is 0 Å². The SMILES string of the molecule is Cc1ccc(C(=O)C[C@H](c2ccccc2Cl)S(=O)(=O)c2ccc(C)cc2)cc1. The molecule has 0 amide bonds. The molecule has 0 radical (unpaired) electrons. The van der Waals surface area contributed by atoms with Crippen molar-refractivity contribution in [3.8, 4) is 0 Å². The van der Waals surface area contributed by atoms with E-state index in [9.17, 15) is 13.2 Å². The average molecular weight is 413 g/mol. The van der Waals surface area contributed by atoms with Crippen LogP contribution < -0.4 is 0 Å². The smallest absolute Gasteiger partial charge is 0.185 e. The highest BCUT2D eigenvalue weighted by atomic mass is 35.5. The Morgan fingerprint density at radius 3 is 1.96 bits per heavy atom. The number of hydrogen-bond donors (Lipinski definition) is 0. The minimum Gasteiger partial charge on any atom is -0.294 e. The standard InChI is InChI=1S/C23H21ClO3S/c1-16-7-11-18(12-8-16)22(25)15-23(20-5-3-4-6-21(20)24)28(26,27)19-13-9-17(2)10-14-19/h3-14,23H,15H2,1-2H3/t23-/m1/s1. The molecule has 0 aliphatic carbocycles. The molecule has 0 bridgehead atoms. The van der Waals surface area contributed by atoms with Gasteiger partial charge in [0.15, 0.2) is 15.6 Å². The van der Waals surface area contributed by atoms with Gasteiger partial charge in [-0.1, -0.05) is 77.3 Å². The van der Waals surface area contributed by atoms with Gasteiger partial charge >= 0.3 is 0 Å². The lowest BCUT2D eigenvalue weighted by Crippen LogP contribution is -2.18. The van der Waals surface area contributed by atoms with Crippen LogP contribution in [0.2, 0.25) is 5.02 Å². The number of ketones is 1. The maximum absolute atomic E-state index is 13.4. The minimum absolute atomic E-state index is 0.178. The van der Waals surface area contributed by atoms with Crippen LogP contribution in [0.25, 0.3) is 0 Å². The Bertz CT molecular complexity index is 1090. The third-order valence-electron chi connectivity index (χ3n) is 4.72. The monoisotopic (exact) mass is 412 g/mol. The number of hydrogen-bond acceptors (Lipinski definition) is 3. The fourth-order valence-electron chi connectivity index (χ4n) is 3.04. The number of aryl methyl sites for hydroxylation is 2. The first-order chi connectivity index (χ1) is 13.3. The Balaban J connectivity index is 2.05. The molecule has 0 saturated carbocycles. The van der Waals surface area contributed by atoms with Crippen LogP contribution in [0.4, 0.5) is 0 Å². The lowest BCUT2D eigenvalue weighted by molar-refractivity contribution is 0.0981. The summed E-state index contributed by atoms with van der Waals surface area (Å²) < 4.78 is 26.8. The molecule has 28 heavy (non-hydrogen) atoms. The lowest BCUT2D eigenvalue weighted by atomic mass is 10.0. The summed E-state index contributed by atoms with van der Waals surface area (Å²) in [5.74, 6) is -0.236. The fourth-order valence-corrected chi connectivity index (χ4v) is 5.13. The minimum atomic E-state index is -3.81. The Labute approximate surface area is 170 Å². The predicted octanol–water partition coefficient (Wildman–Crippen LogP) is 5.74. The summed E-state index contributed by atoms with van der Waals surface area (Å²) >= 11 is 6.31. The van der Waals surface area contributed by atoms with Gasteiger partial charge in [-0.2, -0.15) is 0 Å². The molecule has 0 heterocycles. The van der Waals surface area contributed by atoms with Gasteiger partial charge in [0.1, 0.15) is 0 Å². The van der Waals surface area contributed by atoms with Gasteiger partial charge in [-0.25, -0.2) is 8.42 Å². The number of carbonyl (C=O) groups excluding carboxylic acids is 1. The van der Waals surface area contributed by atoms with Gasteiger partial charge < -0.3 is 0 Å². The highest BCUT2D eigenvalue weighted by Gasteiger charge is 2.33. The molecule has 0 saturated heterocycles. The molecule has 0 aromatic heterocycles. The van der Waals surface area contributed by atoms with Crippen LogP contribution in [0, 0.1) is 13.8 Å². The largest absolute Gasteiger partial charge is 0.294 e. The van der Waals surface area contributed by atoms with Crippen molar-refractivity contribution in [1.29, 1.82) is 0 Å². The van der Waals surface area contributed by atoms with Crippen molar-refractivity contribution in [2.24, 2.45) is 0 Å². The number of benzene rings is 3. The van der Waals surface area contributed by atoms with Crippen LogP contribution in [-0.4, -0.2) is 14.2 Å². The number of rotatable bonds is 6. The van der Waals surface area contributed by atoms with E-state index in [1.54, 1.807) is 60.7 Å². The molecule has 5 heteroatoms. The second-order valence-corrected chi connectivity index (χ2v) is 9.40. The molecule has 3 nitrogen and oxygen atoms in total. The van der Waals surface area contributed by atoms with E-state index in [-0.39, 0.29) is 17.1 Å². The van der Waals surface area contributed by atoms with E-state index in [4.69, 9.17) is 11.6 Å². The van der Waals surface area contributed by atoms with Gasteiger partial charge in [0.05, 0.1) is 10.1 Å². The van der Waals surface area contributed by atoms with Gasteiger partial charge in [-0.3, -0.25) is 4.79 Å². The summed E-state index contributed by atoms with van der Waals surface area (Å²) in [6, 6.07) is 20.6. The first-order valence-electron chi connectivity index (χ1n) is 8.94. The van der Waals surface area contributed by atoms with Gasteiger partial charge in [-0.15, -0.1) is 0 Å². The molecule has 0 fully saturated rings. The van der Waals surface area contributed by atoms with E-state index in [1.165, 1.54) is 0 Å². The van der Waals surface area contributed by atoms with Crippen molar-refractivity contribution < 1.29 is 13.2 Å². The zero-order chi connectivity index (χ0) is 20.3. The molecule has 0 spiro atoms. The van der Waals surface area contributed by atoms with Crippen molar-refractivity contribution >= 4 is 27.2 Å². The highest BCUT2D eigenvalue weighted by Crippen LogP contribution is 2.36. The lowest BCUT2D eigenvalue weighted by Gasteiger charge is -2.19. The van der Waals surface area contributed by atoms with Gasteiger partial charge in [0, 0.05) is 17.0 Å². The topological polar surface area (TPSA) is 51.2 Å². The van der Waals surface area contributed by atoms with E-state index < -0.39 is 15.1 Å². The summed E-state index contributed by atoms with van der Waals surface area (Å²) in [5.41, 5.74) is 2.92. The first-order valence-corrected chi connectivity index (χ1v) is 10.9. The van der Waals surface area contributed by atoms with Crippen LogP contribution in [0.1, 0.15) is 38.7 Å². The number of halogens is 1. The maximum Gasteiger partial charge on any atom is 0.185 e. The Hall–Kier alpha value is -2.43. The molecule has 3 aromatic rings. The van der Waals surface area contributed by atoms with E-state index in [0.29, 0.717) is 16.1 Å². The zero-order valence-corrected chi connectivity index (χ0v) is 17.3. The number of Topliss-reactive ketones (excluding diaryl/α,β-unsaturated/α-hetero) is 1. The van der Waals surface area contributed by atoms with Crippen LogP contribution in [0.5, 0.6) is 0 Å². The quantitative estimate of drug-likeness (QED) is 0.484. The Morgan fingerprint density at radius 1 is 0.857 bits per heavy atom. The van der Waals surface area contributed by atoms with E-state index in [0.717, 1.165) is 11.1 Å².